The van der Waals surface area contributed by atoms with Crippen molar-refractivity contribution >= 4 is 37.8 Å². The van der Waals surface area contributed by atoms with Crippen LogP contribution in [-0.4, -0.2) is 28.7 Å². The molecule has 0 radical (unpaired) electrons. The minimum Gasteiger partial charge on any atom is -0.335 e. The fourth-order valence-electron chi connectivity index (χ4n) is 1.72. The molecule has 16 heavy (non-hydrogen) atoms. The van der Waals surface area contributed by atoms with Gasteiger partial charge >= 0.3 is 0 Å². The highest BCUT2D eigenvalue weighted by atomic mass is 79.9. The first-order valence-electron chi connectivity index (χ1n) is 5.35. The monoisotopic (exact) mass is 345 g/mol. The van der Waals surface area contributed by atoms with E-state index in [9.17, 15) is 4.79 Å². The van der Waals surface area contributed by atoms with Gasteiger partial charge < -0.3 is 4.90 Å². The minimum absolute atomic E-state index is 0.134. The number of hydrogen-bond acceptors (Lipinski definition) is 1. The Morgan fingerprint density at radius 2 is 2.06 bits per heavy atom. The number of benzene rings is 1. The highest BCUT2D eigenvalue weighted by molar-refractivity contribution is 9.10. The van der Waals surface area contributed by atoms with Crippen LogP contribution in [0.15, 0.2) is 28.7 Å². The molecule has 1 aromatic carbocycles. The van der Waals surface area contributed by atoms with Gasteiger partial charge in [0.2, 0.25) is 0 Å². The highest BCUT2D eigenvalue weighted by Gasteiger charge is 2.32. The lowest BCUT2D eigenvalue weighted by Gasteiger charge is -2.21. The van der Waals surface area contributed by atoms with Crippen molar-refractivity contribution < 1.29 is 4.79 Å². The van der Waals surface area contributed by atoms with E-state index in [1.54, 1.807) is 0 Å². The fourth-order valence-corrected chi connectivity index (χ4v) is 2.55. The Bertz CT molecular complexity index is 390. The predicted octanol–water partition coefficient (Wildman–Crippen LogP) is 3.45. The van der Waals surface area contributed by atoms with Crippen LogP contribution >= 0.6 is 31.9 Å². The van der Waals surface area contributed by atoms with Gasteiger partial charge in [-0.3, -0.25) is 4.79 Å². The van der Waals surface area contributed by atoms with Crippen molar-refractivity contribution in [1.82, 2.24) is 4.90 Å². The summed E-state index contributed by atoms with van der Waals surface area (Å²) in [5.41, 5.74) is 0.760. The molecular weight excluding hydrogens is 334 g/mol. The van der Waals surface area contributed by atoms with Gasteiger partial charge in [-0.1, -0.05) is 28.1 Å². The fraction of sp³-hybridized carbons (Fsp3) is 0.417. The van der Waals surface area contributed by atoms with Gasteiger partial charge in [0.15, 0.2) is 0 Å². The van der Waals surface area contributed by atoms with E-state index in [0.29, 0.717) is 6.04 Å². The topological polar surface area (TPSA) is 20.3 Å². The molecule has 4 heteroatoms. The van der Waals surface area contributed by atoms with E-state index in [1.165, 1.54) is 0 Å². The molecule has 0 aromatic heterocycles. The lowest BCUT2D eigenvalue weighted by molar-refractivity contribution is 0.0754. The average Bonchev–Trinajstić information content (AvgIpc) is 3.09. The van der Waals surface area contributed by atoms with E-state index in [4.69, 9.17) is 0 Å². The third-order valence-corrected chi connectivity index (χ3v) is 3.72. The molecule has 1 saturated carbocycles. The van der Waals surface area contributed by atoms with Crippen molar-refractivity contribution in [1.29, 1.82) is 0 Å². The van der Waals surface area contributed by atoms with Crippen LogP contribution in [0.1, 0.15) is 23.2 Å². The molecule has 0 atom stereocenters. The number of carbonyl (C=O) groups excluding carboxylic acids is 1. The molecule has 0 heterocycles. The summed E-state index contributed by atoms with van der Waals surface area (Å²) in [5.74, 6) is 0.134. The van der Waals surface area contributed by atoms with Crippen LogP contribution in [0, 0.1) is 0 Å². The quantitative estimate of drug-likeness (QED) is 0.764. The zero-order valence-corrected chi connectivity index (χ0v) is 12.0. The van der Waals surface area contributed by atoms with Crippen LogP contribution in [0.3, 0.4) is 0 Å². The van der Waals surface area contributed by atoms with Crippen LogP contribution in [-0.2, 0) is 0 Å². The Balaban J connectivity index is 2.19. The SMILES string of the molecule is O=C(c1ccccc1Br)N(CCBr)C1CC1. The molecule has 0 saturated heterocycles. The molecular formula is C12H13Br2NO. The Morgan fingerprint density at radius 1 is 1.38 bits per heavy atom. The molecule has 0 bridgehead atoms. The van der Waals surface area contributed by atoms with E-state index in [0.717, 1.165) is 34.8 Å². The first kappa shape index (κ1) is 12.1. The van der Waals surface area contributed by atoms with E-state index in [-0.39, 0.29) is 5.91 Å². The highest BCUT2D eigenvalue weighted by Crippen LogP contribution is 2.29. The van der Waals surface area contributed by atoms with Crippen molar-refractivity contribution in [2.45, 2.75) is 18.9 Å². The van der Waals surface area contributed by atoms with Crippen LogP contribution in [0.5, 0.6) is 0 Å². The molecule has 2 rings (SSSR count). The summed E-state index contributed by atoms with van der Waals surface area (Å²) >= 11 is 6.83. The molecule has 1 amide bonds. The van der Waals surface area contributed by atoms with Gasteiger partial charge in [-0.2, -0.15) is 0 Å². The second-order valence-corrected chi connectivity index (χ2v) is 5.55. The molecule has 1 aliphatic rings. The van der Waals surface area contributed by atoms with Crippen molar-refractivity contribution in [3.05, 3.63) is 34.3 Å². The molecule has 2 nitrogen and oxygen atoms in total. The zero-order valence-electron chi connectivity index (χ0n) is 8.83. The summed E-state index contributed by atoms with van der Waals surface area (Å²) in [6.45, 7) is 0.783. The molecule has 0 spiro atoms. The predicted molar refractivity (Wildman–Crippen MR) is 72.0 cm³/mol. The molecule has 0 unspecified atom stereocenters. The first-order chi connectivity index (χ1) is 7.74. The molecule has 1 aliphatic carbocycles. The number of amides is 1. The van der Waals surface area contributed by atoms with Crippen molar-refractivity contribution in [2.24, 2.45) is 0 Å². The standard InChI is InChI=1S/C12H13Br2NO/c13-7-8-15(9-5-6-9)12(16)10-3-1-2-4-11(10)14/h1-4,9H,5-8H2. The van der Waals surface area contributed by atoms with Gasteiger partial charge in [0.1, 0.15) is 0 Å². The van der Waals surface area contributed by atoms with Gasteiger partial charge in [0.05, 0.1) is 5.56 Å². The van der Waals surface area contributed by atoms with Gasteiger partial charge in [-0.15, -0.1) is 0 Å². The van der Waals surface area contributed by atoms with Crippen molar-refractivity contribution in [3.63, 3.8) is 0 Å². The maximum absolute atomic E-state index is 12.3. The molecule has 86 valence electrons. The summed E-state index contributed by atoms with van der Waals surface area (Å²) in [6.07, 6.45) is 2.28. The van der Waals surface area contributed by atoms with Crippen LogP contribution in [0.25, 0.3) is 0 Å². The molecule has 1 aromatic rings. The molecule has 0 N–H and O–H groups in total. The number of rotatable bonds is 4. The summed E-state index contributed by atoms with van der Waals surface area (Å²) in [7, 11) is 0. The molecule has 1 fully saturated rings. The number of hydrogen-bond donors (Lipinski definition) is 0. The third kappa shape index (κ3) is 2.66. The minimum atomic E-state index is 0.134. The normalized spacial score (nSPS) is 14.9. The number of alkyl halides is 1. The van der Waals surface area contributed by atoms with Crippen LogP contribution in [0.4, 0.5) is 0 Å². The first-order valence-corrected chi connectivity index (χ1v) is 7.27. The third-order valence-electron chi connectivity index (χ3n) is 2.68. The second kappa shape index (κ2) is 5.32. The summed E-state index contributed by atoms with van der Waals surface area (Å²) in [4.78, 5) is 14.3. The van der Waals surface area contributed by atoms with E-state index in [2.05, 4.69) is 31.9 Å². The lowest BCUT2D eigenvalue weighted by Crippen LogP contribution is -2.34. The maximum Gasteiger partial charge on any atom is 0.255 e. The molecule has 0 aliphatic heterocycles. The van der Waals surface area contributed by atoms with E-state index >= 15 is 0 Å². The second-order valence-electron chi connectivity index (χ2n) is 3.90. The van der Waals surface area contributed by atoms with E-state index in [1.807, 2.05) is 29.2 Å². The smallest absolute Gasteiger partial charge is 0.255 e. The van der Waals surface area contributed by atoms with Crippen molar-refractivity contribution in [2.75, 3.05) is 11.9 Å². The zero-order chi connectivity index (χ0) is 11.5. The lowest BCUT2D eigenvalue weighted by atomic mass is 10.2. The van der Waals surface area contributed by atoms with Gasteiger partial charge in [0, 0.05) is 22.4 Å². The largest absolute Gasteiger partial charge is 0.335 e. The Kier molecular flexibility index (Phi) is 4.03. The van der Waals surface area contributed by atoms with E-state index < -0.39 is 0 Å². The van der Waals surface area contributed by atoms with Crippen LogP contribution in [0.2, 0.25) is 0 Å². The Hall–Kier alpha value is -0.350. The summed E-state index contributed by atoms with van der Waals surface area (Å²) < 4.78 is 0.875. The van der Waals surface area contributed by atoms with Gasteiger partial charge in [0.25, 0.3) is 5.91 Å². The van der Waals surface area contributed by atoms with Gasteiger partial charge in [-0.25, -0.2) is 0 Å². The Labute approximate surface area is 112 Å². The average molecular weight is 347 g/mol. The number of carbonyl (C=O) groups is 1. The maximum atomic E-state index is 12.3. The van der Waals surface area contributed by atoms with Crippen molar-refractivity contribution in [3.8, 4) is 0 Å². The van der Waals surface area contributed by atoms with Gasteiger partial charge in [-0.05, 0) is 40.9 Å². The number of halogens is 2. The van der Waals surface area contributed by atoms with Crippen LogP contribution < -0.4 is 0 Å². The Morgan fingerprint density at radius 3 is 2.62 bits per heavy atom. The number of nitrogens with zero attached hydrogens (tertiary/aromatic N) is 1. The summed E-state index contributed by atoms with van der Waals surface area (Å²) in [5, 5.41) is 0.833. The summed E-state index contributed by atoms with van der Waals surface area (Å²) in [6, 6.07) is 8.06.